The number of H-pyrrole nitrogens is 1. The molecule has 1 aromatic carbocycles. The molecule has 5 atom stereocenters. The van der Waals surface area contributed by atoms with Crippen LogP contribution in [0, 0.1) is 23.9 Å². The van der Waals surface area contributed by atoms with Gasteiger partial charge in [0.1, 0.15) is 29.2 Å². The van der Waals surface area contributed by atoms with E-state index in [4.69, 9.17) is 39.7 Å². The number of aliphatic hydroxyl groups is 2. The van der Waals surface area contributed by atoms with E-state index in [2.05, 4.69) is 10.9 Å². The number of halogens is 1. The first kappa shape index (κ1) is 20.3. The van der Waals surface area contributed by atoms with Gasteiger partial charge in [-0.1, -0.05) is 36.3 Å². The number of terminal acetylenes is 1. The number of ether oxygens (including phenoxy) is 1. The van der Waals surface area contributed by atoms with Crippen molar-refractivity contribution in [1.82, 2.24) is 9.55 Å². The number of aryl methyl sites for hydroxylation is 1. The molecule has 10 nitrogen and oxygen atoms in total. The average Bonchev–Trinajstić information content (AvgIpc) is 2.99. The quantitative estimate of drug-likeness (QED) is 0.336. The minimum Gasteiger partial charge on any atom is -0.403 e. The summed E-state index contributed by atoms with van der Waals surface area (Å²) >= 11 is 4.89. The largest absolute Gasteiger partial charge is 0.530 e. The summed E-state index contributed by atoms with van der Waals surface area (Å²) in [5, 5.41) is 20.7. The summed E-state index contributed by atoms with van der Waals surface area (Å²) in [5.74, 6) is -1.54. The third kappa shape index (κ3) is 3.93. The minimum atomic E-state index is -4.76. The predicted molar refractivity (Wildman–Crippen MR) is 110 cm³/mol. The Balaban J connectivity index is 1.65. The fraction of sp³-hybridized carbons (Fsp3) is 0.368. The van der Waals surface area contributed by atoms with Gasteiger partial charge in [-0.15, -0.1) is 6.42 Å². The number of aromatic nitrogens is 2. The molecule has 4 rings (SSSR count). The summed E-state index contributed by atoms with van der Waals surface area (Å²) in [6, 6.07) is 4.95. The van der Waals surface area contributed by atoms with Crippen LogP contribution in [-0.2, 0) is 25.0 Å². The van der Waals surface area contributed by atoms with Gasteiger partial charge in [0.05, 0.1) is 14.9 Å². The number of benzene rings is 1. The van der Waals surface area contributed by atoms with E-state index in [0.717, 1.165) is 6.20 Å². The van der Waals surface area contributed by atoms with E-state index in [-0.39, 0.29) is 22.6 Å². The average molecular weight is 486 g/mol. The number of rotatable bonds is 4. The first-order chi connectivity index (χ1) is 15.8. The summed E-state index contributed by atoms with van der Waals surface area (Å²) in [6.45, 7) is -2.35. The SMILES string of the molecule is [2H]C([2H])(OP1(=O)OCc2cccc(C)c2O1)[C@@]1(F)O[C@@H](n2cc(C#C)c(=S)[nH]c2=O)[C@H](O)[C@@H]1O. The van der Waals surface area contributed by atoms with Crippen molar-refractivity contribution >= 4 is 20.0 Å². The molecule has 0 amide bonds. The van der Waals surface area contributed by atoms with Crippen LogP contribution >= 0.6 is 20.0 Å². The molecule has 2 aliphatic heterocycles. The third-order valence-corrected chi connectivity index (χ3v) is 6.35. The van der Waals surface area contributed by atoms with Gasteiger partial charge in [-0.2, -0.15) is 0 Å². The Bertz CT molecular complexity index is 1360. The maximum atomic E-state index is 15.8. The summed E-state index contributed by atoms with van der Waals surface area (Å²) < 4.78 is 65.5. The van der Waals surface area contributed by atoms with Crippen LogP contribution in [0.4, 0.5) is 4.39 Å². The van der Waals surface area contributed by atoms with Crippen LogP contribution in [0.15, 0.2) is 29.2 Å². The van der Waals surface area contributed by atoms with Crippen molar-refractivity contribution in [3.63, 3.8) is 0 Å². The Kier molecular flexibility index (Phi) is 5.20. The number of fused-ring (bicyclic) bond motifs is 1. The number of nitrogens with one attached hydrogen (secondary N) is 1. The van der Waals surface area contributed by atoms with Crippen molar-refractivity contribution in [1.29, 1.82) is 0 Å². The van der Waals surface area contributed by atoms with E-state index < -0.39 is 44.4 Å². The molecule has 3 N–H and O–H groups in total. The van der Waals surface area contributed by atoms with Crippen molar-refractivity contribution in [3.05, 3.63) is 56.2 Å². The molecular weight excluding hydrogens is 466 g/mol. The highest BCUT2D eigenvalue weighted by Crippen LogP contribution is 2.56. The number of hydrogen-bond acceptors (Lipinski definition) is 9. The third-order valence-electron chi connectivity index (χ3n) is 4.86. The van der Waals surface area contributed by atoms with Gasteiger partial charge in [0, 0.05) is 11.8 Å². The number of aliphatic hydroxyl groups excluding tert-OH is 2. The van der Waals surface area contributed by atoms with Crippen molar-refractivity contribution < 1.29 is 40.2 Å². The Morgan fingerprint density at radius 1 is 1.56 bits per heavy atom. The van der Waals surface area contributed by atoms with Gasteiger partial charge in [-0.3, -0.25) is 18.6 Å². The zero-order valence-electron chi connectivity index (χ0n) is 18.4. The van der Waals surface area contributed by atoms with Crippen LogP contribution in [0.2, 0.25) is 0 Å². The van der Waals surface area contributed by atoms with Crippen LogP contribution in [0.3, 0.4) is 0 Å². The molecule has 2 aromatic rings. The predicted octanol–water partition coefficient (Wildman–Crippen LogP) is 1.85. The smallest absolute Gasteiger partial charge is 0.403 e. The van der Waals surface area contributed by atoms with Crippen LogP contribution in [-0.4, -0.2) is 44.4 Å². The number of phosphoric acid groups is 1. The first-order valence-corrected chi connectivity index (χ1v) is 11.0. The zero-order valence-corrected chi connectivity index (χ0v) is 18.1. The fourth-order valence-electron chi connectivity index (χ4n) is 3.18. The zero-order chi connectivity index (χ0) is 25.1. The van der Waals surface area contributed by atoms with Crippen molar-refractivity contribution in [2.75, 3.05) is 6.56 Å². The Morgan fingerprint density at radius 3 is 3.03 bits per heavy atom. The van der Waals surface area contributed by atoms with Crippen molar-refractivity contribution in [2.45, 2.75) is 37.8 Å². The van der Waals surface area contributed by atoms with E-state index in [0.29, 0.717) is 15.7 Å². The summed E-state index contributed by atoms with van der Waals surface area (Å²) in [7, 11) is -4.76. The van der Waals surface area contributed by atoms with Gasteiger partial charge < -0.3 is 19.5 Å². The van der Waals surface area contributed by atoms with Crippen LogP contribution in [0.5, 0.6) is 5.75 Å². The fourth-order valence-corrected chi connectivity index (χ4v) is 4.54. The summed E-state index contributed by atoms with van der Waals surface area (Å²) in [5.41, 5.74) is 0.0454. The van der Waals surface area contributed by atoms with Gasteiger partial charge >= 0.3 is 13.5 Å². The number of alkyl halides is 1. The van der Waals surface area contributed by atoms with Crippen LogP contribution in [0.25, 0.3) is 0 Å². The van der Waals surface area contributed by atoms with Gasteiger partial charge in [0.15, 0.2) is 6.23 Å². The standard InChI is InChI=1S/C19H18FN2O8PS/c1-3-11-7-22(18(25)21-16(11)32)17-13(23)15(24)19(20,29-17)9-28-31(26)27-8-12-6-4-5-10(2)14(12)30-31/h1,4-7,13,15,17,23-24H,8-9H2,2H3,(H,21,25,32)/t13-,15+,17-,19-,31?/m1/s1/i9D2. The van der Waals surface area contributed by atoms with Gasteiger partial charge in [-0.25, -0.2) is 13.8 Å². The van der Waals surface area contributed by atoms with Crippen molar-refractivity contribution in [3.8, 4) is 18.1 Å². The molecule has 3 heterocycles. The molecule has 32 heavy (non-hydrogen) atoms. The summed E-state index contributed by atoms with van der Waals surface area (Å²) in [4.78, 5) is 14.5. The topological polar surface area (TPSA) is 132 Å². The summed E-state index contributed by atoms with van der Waals surface area (Å²) in [6.07, 6.45) is -0.454. The molecule has 13 heteroatoms. The lowest BCUT2D eigenvalue weighted by atomic mass is 10.1. The van der Waals surface area contributed by atoms with E-state index >= 15 is 4.39 Å². The minimum absolute atomic E-state index is 0.0158. The number of aromatic amines is 1. The second-order valence-electron chi connectivity index (χ2n) is 7.01. The lowest BCUT2D eigenvalue weighted by molar-refractivity contribution is -0.205. The molecule has 1 fully saturated rings. The molecule has 1 saturated heterocycles. The normalized spacial score (nSPS) is 32.9. The highest BCUT2D eigenvalue weighted by Gasteiger charge is 2.57. The van der Waals surface area contributed by atoms with Gasteiger partial charge in [-0.05, 0) is 12.5 Å². The maximum Gasteiger partial charge on any atom is 0.530 e. The lowest BCUT2D eigenvalue weighted by Gasteiger charge is -2.29. The van der Waals surface area contributed by atoms with E-state index in [9.17, 15) is 19.6 Å². The Morgan fingerprint density at radius 2 is 2.31 bits per heavy atom. The second-order valence-corrected chi connectivity index (χ2v) is 8.94. The molecule has 0 bridgehead atoms. The van der Waals surface area contributed by atoms with Crippen LogP contribution in [0.1, 0.15) is 25.7 Å². The number of hydrogen-bond donors (Lipinski definition) is 3. The number of nitrogens with zero attached hydrogens (tertiary/aromatic N) is 1. The monoisotopic (exact) mass is 486 g/mol. The number of para-hydroxylation sites is 1. The molecule has 1 aromatic heterocycles. The highest BCUT2D eigenvalue weighted by molar-refractivity contribution is 7.71. The van der Waals surface area contributed by atoms with Crippen LogP contribution < -0.4 is 10.2 Å². The molecule has 0 saturated carbocycles. The molecular formula is C19H18FN2O8PS. The molecule has 2 aliphatic rings. The maximum absolute atomic E-state index is 15.8. The molecule has 0 radical (unpaired) electrons. The van der Waals surface area contributed by atoms with Crippen molar-refractivity contribution in [2.24, 2.45) is 0 Å². The number of phosphoric ester groups is 1. The molecule has 0 aliphatic carbocycles. The Labute approximate surface area is 188 Å². The van der Waals surface area contributed by atoms with Gasteiger partial charge in [0.2, 0.25) is 0 Å². The molecule has 0 spiro atoms. The van der Waals surface area contributed by atoms with Gasteiger partial charge in [0.25, 0.3) is 5.85 Å². The lowest BCUT2D eigenvalue weighted by Crippen LogP contribution is -2.43. The second kappa shape index (κ2) is 8.20. The highest BCUT2D eigenvalue weighted by atomic mass is 32.1. The van der Waals surface area contributed by atoms with E-state index in [1.165, 1.54) is 0 Å². The van der Waals surface area contributed by atoms with E-state index in [1.54, 1.807) is 25.1 Å². The molecule has 170 valence electrons. The molecule has 1 unspecified atom stereocenters. The van der Waals surface area contributed by atoms with E-state index in [1.807, 2.05) is 0 Å². The first-order valence-electron chi connectivity index (χ1n) is 10.1. The Hall–Kier alpha value is -2.36.